The molecule has 3 aromatic rings. The molecule has 0 amide bonds. The van der Waals surface area contributed by atoms with Gasteiger partial charge in [-0.1, -0.05) is 6.07 Å². The molecule has 90 valence electrons. The summed E-state index contributed by atoms with van der Waals surface area (Å²) in [6.45, 7) is 0.766. The Bertz CT molecular complexity index is 672. The lowest BCUT2D eigenvalue weighted by Crippen LogP contribution is -2.03. The van der Waals surface area contributed by atoms with Crippen molar-refractivity contribution in [3.05, 3.63) is 54.7 Å². The van der Waals surface area contributed by atoms with Gasteiger partial charge in [0.2, 0.25) is 0 Å². The van der Waals surface area contributed by atoms with Crippen molar-refractivity contribution in [1.82, 2.24) is 14.5 Å². The van der Waals surface area contributed by atoms with Crippen LogP contribution >= 0.6 is 0 Å². The summed E-state index contributed by atoms with van der Waals surface area (Å²) in [7, 11) is 1.99. The molecule has 0 radical (unpaired) electrons. The molecule has 0 bridgehead atoms. The van der Waals surface area contributed by atoms with E-state index in [0.717, 1.165) is 28.8 Å². The fraction of sp³-hybridized carbons (Fsp3) is 0.143. The number of nitrogens with one attached hydrogen (secondary N) is 1. The first-order valence-electron chi connectivity index (χ1n) is 5.87. The van der Waals surface area contributed by atoms with Crippen molar-refractivity contribution in [2.45, 2.75) is 6.54 Å². The Morgan fingerprint density at radius 3 is 3.06 bits per heavy atom. The zero-order chi connectivity index (χ0) is 12.4. The molecule has 2 aromatic heterocycles. The summed E-state index contributed by atoms with van der Waals surface area (Å²) >= 11 is 0. The van der Waals surface area contributed by atoms with E-state index in [1.165, 1.54) is 0 Å². The first-order valence-corrected chi connectivity index (χ1v) is 5.87. The summed E-state index contributed by atoms with van der Waals surface area (Å²) in [6.07, 6.45) is 5.49. The van der Waals surface area contributed by atoms with Gasteiger partial charge in [-0.05, 0) is 24.3 Å². The van der Waals surface area contributed by atoms with Crippen LogP contribution in [0.4, 0.5) is 5.69 Å². The van der Waals surface area contributed by atoms with Crippen molar-refractivity contribution in [1.29, 1.82) is 0 Å². The molecule has 0 atom stereocenters. The first-order chi connectivity index (χ1) is 8.83. The van der Waals surface area contributed by atoms with Gasteiger partial charge >= 0.3 is 0 Å². The average Bonchev–Trinajstić information content (AvgIpc) is 2.82. The van der Waals surface area contributed by atoms with Gasteiger partial charge in [0, 0.05) is 30.5 Å². The highest BCUT2D eigenvalue weighted by atomic mass is 15.0. The maximum atomic E-state index is 4.30. The van der Waals surface area contributed by atoms with Gasteiger partial charge in [-0.25, -0.2) is 4.98 Å². The molecule has 0 aliphatic heterocycles. The van der Waals surface area contributed by atoms with Gasteiger partial charge < -0.3 is 9.88 Å². The third-order valence-electron chi connectivity index (χ3n) is 2.99. The highest BCUT2D eigenvalue weighted by Gasteiger charge is 1.99. The SMILES string of the molecule is Cn1cncc1CNc1ccc2ncccc2c1. The lowest BCUT2D eigenvalue weighted by molar-refractivity contribution is 0.837. The second kappa shape index (κ2) is 4.49. The third-order valence-corrected chi connectivity index (χ3v) is 2.99. The summed E-state index contributed by atoms with van der Waals surface area (Å²) in [5.74, 6) is 0. The number of fused-ring (bicyclic) bond motifs is 1. The lowest BCUT2D eigenvalue weighted by Gasteiger charge is -2.07. The van der Waals surface area contributed by atoms with Crippen LogP contribution in [0, 0.1) is 0 Å². The Balaban J connectivity index is 1.81. The van der Waals surface area contributed by atoms with Crippen LogP contribution in [0.5, 0.6) is 0 Å². The molecule has 4 heteroatoms. The lowest BCUT2D eigenvalue weighted by atomic mass is 10.2. The zero-order valence-electron chi connectivity index (χ0n) is 10.2. The first kappa shape index (κ1) is 10.8. The smallest absolute Gasteiger partial charge is 0.0946 e. The van der Waals surface area contributed by atoms with Gasteiger partial charge in [0.1, 0.15) is 0 Å². The van der Waals surface area contributed by atoms with Crippen molar-refractivity contribution in [3.8, 4) is 0 Å². The number of hydrogen-bond donors (Lipinski definition) is 1. The molecule has 1 aromatic carbocycles. The number of aromatic nitrogens is 3. The van der Waals surface area contributed by atoms with E-state index >= 15 is 0 Å². The maximum Gasteiger partial charge on any atom is 0.0946 e. The topological polar surface area (TPSA) is 42.7 Å². The average molecular weight is 238 g/mol. The molecular weight excluding hydrogens is 224 g/mol. The number of anilines is 1. The summed E-state index contributed by atoms with van der Waals surface area (Å²) < 4.78 is 2.01. The number of hydrogen-bond acceptors (Lipinski definition) is 3. The zero-order valence-corrected chi connectivity index (χ0v) is 10.2. The second-order valence-corrected chi connectivity index (χ2v) is 4.26. The Morgan fingerprint density at radius 2 is 2.22 bits per heavy atom. The predicted octanol–water partition coefficient (Wildman–Crippen LogP) is 2.58. The number of aryl methyl sites for hydroxylation is 1. The number of benzene rings is 1. The van der Waals surface area contributed by atoms with Gasteiger partial charge in [-0.15, -0.1) is 0 Å². The summed E-state index contributed by atoms with van der Waals surface area (Å²) in [5, 5.41) is 4.54. The predicted molar refractivity (Wildman–Crippen MR) is 72.3 cm³/mol. The summed E-state index contributed by atoms with van der Waals surface area (Å²) in [5.41, 5.74) is 3.27. The quantitative estimate of drug-likeness (QED) is 0.762. The van der Waals surface area contributed by atoms with Gasteiger partial charge in [0.05, 0.1) is 24.1 Å². The van der Waals surface area contributed by atoms with Crippen LogP contribution < -0.4 is 5.32 Å². The molecule has 1 N–H and O–H groups in total. The molecule has 18 heavy (non-hydrogen) atoms. The molecule has 0 aliphatic rings. The fourth-order valence-corrected chi connectivity index (χ4v) is 1.93. The highest BCUT2D eigenvalue weighted by Crippen LogP contribution is 2.17. The van der Waals surface area contributed by atoms with Gasteiger partial charge in [-0.2, -0.15) is 0 Å². The standard InChI is InChI=1S/C14H14N4/c1-18-10-15-8-13(18)9-17-12-4-5-14-11(7-12)3-2-6-16-14/h2-8,10,17H,9H2,1H3. The van der Waals surface area contributed by atoms with E-state index in [9.17, 15) is 0 Å². The number of pyridine rings is 1. The van der Waals surface area contributed by atoms with E-state index in [1.807, 2.05) is 42.2 Å². The van der Waals surface area contributed by atoms with Crippen molar-refractivity contribution in [2.24, 2.45) is 7.05 Å². The fourth-order valence-electron chi connectivity index (χ4n) is 1.93. The molecule has 0 saturated carbocycles. The van der Waals surface area contributed by atoms with Crippen LogP contribution in [0.1, 0.15) is 5.69 Å². The normalized spacial score (nSPS) is 10.7. The van der Waals surface area contributed by atoms with Crippen LogP contribution in [-0.4, -0.2) is 14.5 Å². The Labute approximate surface area is 105 Å². The number of rotatable bonds is 3. The molecule has 4 nitrogen and oxygen atoms in total. The monoisotopic (exact) mass is 238 g/mol. The third kappa shape index (κ3) is 2.05. The van der Waals surface area contributed by atoms with Gasteiger partial charge in [0.15, 0.2) is 0 Å². The molecule has 0 fully saturated rings. The second-order valence-electron chi connectivity index (χ2n) is 4.26. The molecule has 0 spiro atoms. The van der Waals surface area contributed by atoms with Crippen molar-refractivity contribution < 1.29 is 0 Å². The molecule has 0 saturated heterocycles. The van der Waals surface area contributed by atoms with Crippen LogP contribution in [-0.2, 0) is 13.6 Å². The van der Waals surface area contributed by atoms with Crippen molar-refractivity contribution >= 4 is 16.6 Å². The van der Waals surface area contributed by atoms with E-state index in [2.05, 4.69) is 27.4 Å². The minimum absolute atomic E-state index is 0.766. The van der Waals surface area contributed by atoms with E-state index in [-0.39, 0.29) is 0 Å². The van der Waals surface area contributed by atoms with Crippen molar-refractivity contribution in [2.75, 3.05) is 5.32 Å². The highest BCUT2D eigenvalue weighted by molar-refractivity contribution is 5.82. The van der Waals surface area contributed by atoms with Gasteiger partial charge in [-0.3, -0.25) is 4.98 Å². The van der Waals surface area contributed by atoms with E-state index < -0.39 is 0 Å². The molecule has 3 rings (SSSR count). The van der Waals surface area contributed by atoms with E-state index in [4.69, 9.17) is 0 Å². The Hall–Kier alpha value is -2.36. The summed E-state index contributed by atoms with van der Waals surface area (Å²) in [4.78, 5) is 8.40. The Morgan fingerprint density at radius 1 is 1.28 bits per heavy atom. The van der Waals surface area contributed by atoms with Crippen molar-refractivity contribution in [3.63, 3.8) is 0 Å². The van der Waals surface area contributed by atoms with Crippen LogP contribution in [0.3, 0.4) is 0 Å². The van der Waals surface area contributed by atoms with Crippen LogP contribution in [0.25, 0.3) is 10.9 Å². The molecular formula is C14H14N4. The number of imidazole rings is 1. The molecule has 0 unspecified atom stereocenters. The maximum absolute atomic E-state index is 4.30. The molecule has 2 heterocycles. The van der Waals surface area contributed by atoms with Crippen LogP contribution in [0.15, 0.2) is 49.1 Å². The minimum Gasteiger partial charge on any atom is -0.379 e. The minimum atomic E-state index is 0.766. The largest absolute Gasteiger partial charge is 0.379 e. The van der Waals surface area contributed by atoms with E-state index in [0.29, 0.717) is 0 Å². The van der Waals surface area contributed by atoms with E-state index in [1.54, 1.807) is 6.33 Å². The molecule has 0 aliphatic carbocycles. The van der Waals surface area contributed by atoms with Gasteiger partial charge in [0.25, 0.3) is 0 Å². The summed E-state index contributed by atoms with van der Waals surface area (Å²) in [6, 6.07) is 10.2. The van der Waals surface area contributed by atoms with Crippen LogP contribution in [0.2, 0.25) is 0 Å². The Kier molecular flexibility index (Phi) is 2.68. The number of nitrogens with zero attached hydrogens (tertiary/aromatic N) is 3.